The molecule has 3 rings (SSSR count). The van der Waals surface area contributed by atoms with Gasteiger partial charge in [0.1, 0.15) is 11.5 Å². The molecular weight excluding hydrogens is 290 g/mol. The van der Waals surface area contributed by atoms with E-state index in [1.165, 1.54) is 0 Å². The molecule has 1 N–H and O–H groups in total. The summed E-state index contributed by atoms with van der Waals surface area (Å²) in [6.07, 6.45) is 1.69. The molecule has 0 radical (unpaired) electrons. The highest BCUT2D eigenvalue weighted by Crippen LogP contribution is 2.27. The van der Waals surface area contributed by atoms with Crippen molar-refractivity contribution in [1.82, 2.24) is 15.1 Å². The number of hydrogen-bond donors (Lipinski definition) is 1. The van der Waals surface area contributed by atoms with Crippen molar-refractivity contribution >= 4 is 0 Å². The molecule has 2 aromatic heterocycles. The SMILES string of the molecule is Cc1nn(C)c(Oc2ccccc2)c1CNC(C)c1ccco1. The molecule has 0 saturated carbocycles. The lowest BCUT2D eigenvalue weighted by Crippen LogP contribution is -2.18. The van der Waals surface area contributed by atoms with Gasteiger partial charge in [0.05, 0.1) is 23.6 Å². The van der Waals surface area contributed by atoms with E-state index in [1.54, 1.807) is 10.9 Å². The maximum absolute atomic E-state index is 6.02. The first-order valence-corrected chi connectivity index (χ1v) is 7.67. The number of aryl methyl sites for hydroxylation is 2. The summed E-state index contributed by atoms with van der Waals surface area (Å²) in [5.41, 5.74) is 2.01. The predicted octanol–water partition coefficient (Wildman–Crippen LogP) is 3.96. The quantitative estimate of drug-likeness (QED) is 0.748. The summed E-state index contributed by atoms with van der Waals surface area (Å²) in [6.45, 7) is 4.72. The van der Waals surface area contributed by atoms with Gasteiger partial charge in [0.15, 0.2) is 0 Å². The molecule has 0 aliphatic rings. The minimum absolute atomic E-state index is 0.120. The minimum atomic E-state index is 0.120. The zero-order chi connectivity index (χ0) is 16.2. The van der Waals surface area contributed by atoms with Crippen LogP contribution in [0, 0.1) is 6.92 Å². The van der Waals surface area contributed by atoms with Gasteiger partial charge >= 0.3 is 0 Å². The van der Waals surface area contributed by atoms with E-state index in [0.29, 0.717) is 6.54 Å². The first-order chi connectivity index (χ1) is 11.1. The third-order valence-electron chi connectivity index (χ3n) is 3.80. The fourth-order valence-electron chi connectivity index (χ4n) is 2.51. The summed E-state index contributed by atoms with van der Waals surface area (Å²) in [4.78, 5) is 0. The molecule has 1 atom stereocenters. The Morgan fingerprint density at radius 2 is 2.00 bits per heavy atom. The van der Waals surface area contributed by atoms with Gasteiger partial charge in [0.2, 0.25) is 5.88 Å². The standard InChI is InChI=1S/C18H21N3O2/c1-13-16(12-19-14(2)17-10-7-11-22-17)18(21(3)20-13)23-15-8-5-4-6-9-15/h4-11,14,19H,12H2,1-3H3. The topological polar surface area (TPSA) is 52.2 Å². The van der Waals surface area contributed by atoms with Gasteiger partial charge in [0.25, 0.3) is 0 Å². The van der Waals surface area contributed by atoms with Gasteiger partial charge in [-0.05, 0) is 38.1 Å². The first-order valence-electron chi connectivity index (χ1n) is 7.67. The Hall–Kier alpha value is -2.53. The van der Waals surface area contributed by atoms with Crippen molar-refractivity contribution in [3.8, 4) is 11.6 Å². The molecule has 2 heterocycles. The molecule has 1 unspecified atom stereocenters. The maximum atomic E-state index is 6.02. The van der Waals surface area contributed by atoms with Crippen LogP contribution in [0.25, 0.3) is 0 Å². The third-order valence-corrected chi connectivity index (χ3v) is 3.80. The molecule has 5 heteroatoms. The van der Waals surface area contributed by atoms with Crippen LogP contribution in [0.3, 0.4) is 0 Å². The van der Waals surface area contributed by atoms with Crippen molar-refractivity contribution in [1.29, 1.82) is 0 Å². The highest BCUT2D eigenvalue weighted by molar-refractivity contribution is 5.35. The molecule has 5 nitrogen and oxygen atoms in total. The van der Waals surface area contributed by atoms with E-state index in [-0.39, 0.29) is 6.04 Å². The molecule has 0 spiro atoms. The zero-order valence-corrected chi connectivity index (χ0v) is 13.6. The highest BCUT2D eigenvalue weighted by atomic mass is 16.5. The van der Waals surface area contributed by atoms with Crippen LogP contribution in [-0.2, 0) is 13.6 Å². The highest BCUT2D eigenvalue weighted by Gasteiger charge is 2.17. The monoisotopic (exact) mass is 311 g/mol. The van der Waals surface area contributed by atoms with E-state index in [9.17, 15) is 0 Å². The fraction of sp³-hybridized carbons (Fsp3) is 0.278. The molecular formula is C18H21N3O2. The van der Waals surface area contributed by atoms with Gasteiger partial charge in [-0.1, -0.05) is 18.2 Å². The molecule has 120 valence electrons. The van der Waals surface area contributed by atoms with E-state index in [0.717, 1.165) is 28.6 Å². The Morgan fingerprint density at radius 3 is 2.70 bits per heavy atom. The van der Waals surface area contributed by atoms with Gasteiger partial charge in [-0.2, -0.15) is 5.10 Å². The van der Waals surface area contributed by atoms with Gasteiger partial charge < -0.3 is 14.5 Å². The number of rotatable bonds is 6. The van der Waals surface area contributed by atoms with Crippen LogP contribution < -0.4 is 10.1 Å². The number of nitrogens with one attached hydrogen (secondary N) is 1. The van der Waals surface area contributed by atoms with Crippen LogP contribution in [0.15, 0.2) is 53.1 Å². The van der Waals surface area contributed by atoms with Crippen molar-refractivity contribution in [3.05, 3.63) is 65.7 Å². The van der Waals surface area contributed by atoms with Crippen LogP contribution in [0.1, 0.15) is 30.0 Å². The molecule has 0 aliphatic carbocycles. The summed E-state index contributed by atoms with van der Waals surface area (Å²) >= 11 is 0. The van der Waals surface area contributed by atoms with E-state index in [1.807, 2.05) is 56.4 Å². The van der Waals surface area contributed by atoms with Crippen molar-refractivity contribution in [2.24, 2.45) is 7.05 Å². The van der Waals surface area contributed by atoms with Gasteiger partial charge in [-0.3, -0.25) is 0 Å². The summed E-state index contributed by atoms with van der Waals surface area (Å²) < 4.78 is 13.2. The van der Waals surface area contributed by atoms with Gasteiger partial charge in [0, 0.05) is 13.6 Å². The molecule has 0 aliphatic heterocycles. The Balaban J connectivity index is 1.76. The summed E-state index contributed by atoms with van der Waals surface area (Å²) in [6, 6.07) is 13.7. The molecule has 0 saturated heterocycles. The van der Waals surface area contributed by atoms with Gasteiger partial charge in [-0.15, -0.1) is 0 Å². The lowest BCUT2D eigenvalue weighted by Gasteiger charge is -2.13. The number of furan rings is 1. The summed E-state index contributed by atoms with van der Waals surface area (Å²) in [5.74, 6) is 2.47. The van der Waals surface area contributed by atoms with E-state index >= 15 is 0 Å². The zero-order valence-electron chi connectivity index (χ0n) is 13.6. The second kappa shape index (κ2) is 6.71. The van der Waals surface area contributed by atoms with Crippen molar-refractivity contribution < 1.29 is 9.15 Å². The largest absolute Gasteiger partial charge is 0.468 e. The second-order valence-corrected chi connectivity index (χ2v) is 5.53. The Bertz CT molecular complexity index is 748. The van der Waals surface area contributed by atoms with Gasteiger partial charge in [-0.25, -0.2) is 4.68 Å². The molecule has 23 heavy (non-hydrogen) atoms. The van der Waals surface area contributed by atoms with Crippen LogP contribution in [0.5, 0.6) is 11.6 Å². The Labute approximate surface area is 135 Å². The van der Waals surface area contributed by atoms with Crippen LogP contribution >= 0.6 is 0 Å². The molecule has 0 bridgehead atoms. The Morgan fingerprint density at radius 1 is 1.22 bits per heavy atom. The first kappa shape index (κ1) is 15.4. The van der Waals surface area contributed by atoms with Crippen LogP contribution in [0.2, 0.25) is 0 Å². The molecule has 0 fully saturated rings. The summed E-state index contributed by atoms with van der Waals surface area (Å²) in [5, 5.41) is 7.93. The fourth-order valence-corrected chi connectivity index (χ4v) is 2.51. The molecule has 1 aromatic carbocycles. The number of ether oxygens (including phenoxy) is 1. The minimum Gasteiger partial charge on any atom is -0.468 e. The number of hydrogen-bond acceptors (Lipinski definition) is 4. The Kier molecular flexibility index (Phi) is 4.48. The molecule has 0 amide bonds. The van der Waals surface area contributed by atoms with E-state index < -0.39 is 0 Å². The van der Waals surface area contributed by atoms with Crippen molar-refractivity contribution in [2.45, 2.75) is 26.4 Å². The molecule has 3 aromatic rings. The van der Waals surface area contributed by atoms with E-state index in [2.05, 4.69) is 17.3 Å². The van der Waals surface area contributed by atoms with Crippen LogP contribution in [-0.4, -0.2) is 9.78 Å². The lowest BCUT2D eigenvalue weighted by molar-refractivity contribution is 0.410. The second-order valence-electron chi connectivity index (χ2n) is 5.53. The maximum Gasteiger partial charge on any atom is 0.222 e. The number of aromatic nitrogens is 2. The summed E-state index contributed by atoms with van der Waals surface area (Å²) in [7, 11) is 1.89. The van der Waals surface area contributed by atoms with Crippen molar-refractivity contribution in [2.75, 3.05) is 0 Å². The third kappa shape index (κ3) is 3.46. The van der Waals surface area contributed by atoms with Crippen molar-refractivity contribution in [3.63, 3.8) is 0 Å². The average Bonchev–Trinajstić information content (AvgIpc) is 3.16. The predicted molar refractivity (Wildman–Crippen MR) is 88.4 cm³/mol. The number of nitrogens with zero attached hydrogens (tertiary/aromatic N) is 2. The smallest absolute Gasteiger partial charge is 0.222 e. The number of para-hydroxylation sites is 1. The number of benzene rings is 1. The normalized spacial score (nSPS) is 12.3. The van der Waals surface area contributed by atoms with Crippen LogP contribution in [0.4, 0.5) is 0 Å². The van der Waals surface area contributed by atoms with E-state index in [4.69, 9.17) is 9.15 Å². The lowest BCUT2D eigenvalue weighted by atomic mass is 10.2. The average molecular weight is 311 g/mol.